The van der Waals surface area contributed by atoms with Crippen molar-refractivity contribution in [2.24, 2.45) is 0 Å². The zero-order valence-electron chi connectivity index (χ0n) is 17.1. The number of hydrogen-bond acceptors (Lipinski definition) is 6. The molecule has 1 aliphatic heterocycles. The first-order valence-electron chi connectivity index (χ1n) is 10.4. The predicted octanol–water partition coefficient (Wildman–Crippen LogP) is 5.21. The number of halogens is 1. The standard InChI is InChI=1S/C24H23ClN4OS/c25-19-6-8-20(9-7-19)30-15-14-28-10-12-29(13-11-28)23-22-21(18-4-2-1-3-5-18)16-31-24(22)27-17-26-23/h1-9,16-17H,10-15H2. The second-order valence-electron chi connectivity index (χ2n) is 7.52. The number of piperazine rings is 1. The van der Waals surface area contributed by atoms with Crippen LogP contribution in [-0.2, 0) is 0 Å². The van der Waals surface area contributed by atoms with E-state index >= 15 is 0 Å². The normalized spacial score (nSPS) is 14.8. The van der Waals surface area contributed by atoms with Gasteiger partial charge in [0.25, 0.3) is 0 Å². The second-order valence-corrected chi connectivity index (χ2v) is 8.82. The highest BCUT2D eigenvalue weighted by Gasteiger charge is 2.22. The topological polar surface area (TPSA) is 41.5 Å². The van der Waals surface area contributed by atoms with Crippen LogP contribution in [0.5, 0.6) is 5.75 Å². The van der Waals surface area contributed by atoms with Gasteiger partial charge < -0.3 is 9.64 Å². The van der Waals surface area contributed by atoms with Crippen LogP contribution < -0.4 is 9.64 Å². The smallest absolute Gasteiger partial charge is 0.141 e. The highest BCUT2D eigenvalue weighted by Crippen LogP contribution is 2.37. The molecule has 0 aliphatic carbocycles. The SMILES string of the molecule is Clc1ccc(OCCN2CCN(c3ncnc4scc(-c5ccccc5)c34)CC2)cc1. The molecule has 0 bridgehead atoms. The van der Waals surface area contributed by atoms with Crippen LogP contribution in [0.4, 0.5) is 5.82 Å². The first-order valence-corrected chi connectivity index (χ1v) is 11.7. The summed E-state index contributed by atoms with van der Waals surface area (Å²) in [6, 6.07) is 18.0. The Balaban J connectivity index is 1.24. The Hall–Kier alpha value is -2.67. The summed E-state index contributed by atoms with van der Waals surface area (Å²) in [7, 11) is 0. The van der Waals surface area contributed by atoms with Crippen molar-refractivity contribution in [3.8, 4) is 16.9 Å². The molecule has 1 fully saturated rings. The molecule has 0 N–H and O–H groups in total. The lowest BCUT2D eigenvalue weighted by atomic mass is 10.1. The lowest BCUT2D eigenvalue weighted by molar-refractivity contribution is 0.200. The van der Waals surface area contributed by atoms with Crippen molar-refractivity contribution < 1.29 is 4.74 Å². The number of rotatable bonds is 6. The summed E-state index contributed by atoms with van der Waals surface area (Å²) in [5, 5.41) is 4.09. The highest BCUT2D eigenvalue weighted by molar-refractivity contribution is 7.17. The van der Waals surface area contributed by atoms with E-state index in [0.717, 1.165) is 54.1 Å². The zero-order chi connectivity index (χ0) is 21.0. The summed E-state index contributed by atoms with van der Waals surface area (Å²) in [5.74, 6) is 1.90. The van der Waals surface area contributed by atoms with Gasteiger partial charge in [-0.3, -0.25) is 4.90 Å². The number of nitrogens with zero attached hydrogens (tertiary/aromatic N) is 4. The van der Waals surface area contributed by atoms with Crippen molar-refractivity contribution in [1.29, 1.82) is 0 Å². The molecule has 3 heterocycles. The Labute approximate surface area is 190 Å². The van der Waals surface area contributed by atoms with Gasteiger partial charge in [0.2, 0.25) is 0 Å². The summed E-state index contributed by atoms with van der Waals surface area (Å²) in [4.78, 5) is 15.1. The molecule has 5 rings (SSSR count). The van der Waals surface area contributed by atoms with Crippen molar-refractivity contribution in [1.82, 2.24) is 14.9 Å². The molecule has 5 nitrogen and oxygen atoms in total. The quantitative estimate of drug-likeness (QED) is 0.403. The summed E-state index contributed by atoms with van der Waals surface area (Å²) in [6.07, 6.45) is 1.69. The first kappa shape index (κ1) is 20.2. The van der Waals surface area contributed by atoms with Gasteiger partial charge in [-0.1, -0.05) is 41.9 Å². The molecule has 0 amide bonds. The zero-order valence-corrected chi connectivity index (χ0v) is 18.6. The Morgan fingerprint density at radius 2 is 1.71 bits per heavy atom. The van der Waals surface area contributed by atoms with Gasteiger partial charge in [-0.15, -0.1) is 11.3 Å². The van der Waals surface area contributed by atoms with Gasteiger partial charge in [0.1, 0.15) is 29.3 Å². The maximum atomic E-state index is 5.93. The van der Waals surface area contributed by atoms with Gasteiger partial charge in [-0.2, -0.15) is 0 Å². The second kappa shape index (κ2) is 9.22. The van der Waals surface area contributed by atoms with Crippen LogP contribution in [0.25, 0.3) is 21.3 Å². The molecular formula is C24H23ClN4OS. The van der Waals surface area contributed by atoms with Gasteiger partial charge in [0.05, 0.1) is 5.39 Å². The van der Waals surface area contributed by atoms with Crippen LogP contribution in [0.2, 0.25) is 5.02 Å². The molecule has 2 aromatic carbocycles. The summed E-state index contributed by atoms with van der Waals surface area (Å²) in [6.45, 7) is 5.43. The Kier molecular flexibility index (Phi) is 6.02. The van der Waals surface area contributed by atoms with E-state index in [0.29, 0.717) is 6.61 Å². The fourth-order valence-electron chi connectivity index (χ4n) is 3.94. The Bertz CT molecular complexity index is 1140. The number of fused-ring (bicyclic) bond motifs is 1. The number of benzene rings is 2. The van der Waals surface area contributed by atoms with Crippen molar-refractivity contribution in [3.63, 3.8) is 0 Å². The molecule has 1 saturated heterocycles. The van der Waals surface area contributed by atoms with E-state index < -0.39 is 0 Å². The van der Waals surface area contributed by atoms with E-state index in [1.807, 2.05) is 30.3 Å². The van der Waals surface area contributed by atoms with Gasteiger partial charge >= 0.3 is 0 Å². The van der Waals surface area contributed by atoms with Crippen LogP contribution in [0.15, 0.2) is 66.3 Å². The van der Waals surface area contributed by atoms with E-state index in [1.165, 1.54) is 16.5 Å². The van der Waals surface area contributed by atoms with Gasteiger partial charge in [0.15, 0.2) is 0 Å². The molecule has 4 aromatic rings. The molecule has 7 heteroatoms. The van der Waals surface area contributed by atoms with E-state index in [2.05, 4.69) is 44.4 Å². The highest BCUT2D eigenvalue weighted by atomic mass is 35.5. The van der Waals surface area contributed by atoms with Crippen molar-refractivity contribution in [3.05, 3.63) is 71.3 Å². The van der Waals surface area contributed by atoms with Crippen molar-refractivity contribution >= 4 is 39.0 Å². The van der Waals surface area contributed by atoms with Crippen LogP contribution in [0.1, 0.15) is 0 Å². The minimum Gasteiger partial charge on any atom is -0.492 e. The maximum Gasteiger partial charge on any atom is 0.141 e. The molecule has 0 atom stereocenters. The molecule has 2 aromatic heterocycles. The number of hydrogen-bond donors (Lipinski definition) is 0. The largest absolute Gasteiger partial charge is 0.492 e. The van der Waals surface area contributed by atoms with Crippen LogP contribution >= 0.6 is 22.9 Å². The van der Waals surface area contributed by atoms with Crippen molar-refractivity contribution in [2.45, 2.75) is 0 Å². The van der Waals surface area contributed by atoms with Gasteiger partial charge in [0, 0.05) is 48.7 Å². The minimum absolute atomic E-state index is 0.669. The molecule has 31 heavy (non-hydrogen) atoms. The van der Waals surface area contributed by atoms with Gasteiger partial charge in [-0.05, 0) is 29.8 Å². The third kappa shape index (κ3) is 4.51. The first-order chi connectivity index (χ1) is 15.3. The summed E-state index contributed by atoms with van der Waals surface area (Å²) in [5.41, 5.74) is 2.43. The van der Waals surface area contributed by atoms with Crippen molar-refractivity contribution in [2.75, 3.05) is 44.2 Å². The third-order valence-corrected chi connectivity index (χ3v) is 6.74. The van der Waals surface area contributed by atoms with Crippen LogP contribution in [0.3, 0.4) is 0 Å². The maximum absolute atomic E-state index is 5.93. The van der Waals surface area contributed by atoms with E-state index in [9.17, 15) is 0 Å². The number of ether oxygens (including phenoxy) is 1. The monoisotopic (exact) mass is 450 g/mol. The van der Waals surface area contributed by atoms with Crippen LogP contribution in [-0.4, -0.2) is 54.2 Å². The molecule has 0 radical (unpaired) electrons. The lowest BCUT2D eigenvalue weighted by Crippen LogP contribution is -2.47. The van der Waals surface area contributed by atoms with Crippen LogP contribution in [0, 0.1) is 0 Å². The Morgan fingerprint density at radius 3 is 2.48 bits per heavy atom. The average Bonchev–Trinajstić information content (AvgIpc) is 3.26. The molecular weight excluding hydrogens is 428 g/mol. The van der Waals surface area contributed by atoms with E-state index in [1.54, 1.807) is 17.7 Å². The summed E-state index contributed by atoms with van der Waals surface area (Å²) < 4.78 is 5.85. The lowest BCUT2D eigenvalue weighted by Gasteiger charge is -2.35. The summed E-state index contributed by atoms with van der Waals surface area (Å²) >= 11 is 7.61. The van der Waals surface area contributed by atoms with E-state index in [-0.39, 0.29) is 0 Å². The average molecular weight is 451 g/mol. The van der Waals surface area contributed by atoms with E-state index in [4.69, 9.17) is 21.3 Å². The fraction of sp³-hybridized carbons (Fsp3) is 0.250. The predicted molar refractivity (Wildman–Crippen MR) is 128 cm³/mol. The number of thiophene rings is 1. The molecule has 158 valence electrons. The number of anilines is 1. The molecule has 1 aliphatic rings. The fourth-order valence-corrected chi connectivity index (χ4v) is 4.97. The van der Waals surface area contributed by atoms with Gasteiger partial charge in [-0.25, -0.2) is 9.97 Å². The molecule has 0 unspecified atom stereocenters. The molecule has 0 spiro atoms. The third-order valence-electron chi connectivity index (χ3n) is 5.60. The Morgan fingerprint density at radius 1 is 0.935 bits per heavy atom. The molecule has 0 saturated carbocycles. The minimum atomic E-state index is 0.669. The number of aromatic nitrogens is 2.